The molecule has 0 unspecified atom stereocenters. The Balaban J connectivity index is 2.21. The fourth-order valence-corrected chi connectivity index (χ4v) is 3.41. The third-order valence-electron chi connectivity index (χ3n) is 2.45. The van der Waals surface area contributed by atoms with Gasteiger partial charge in [0.25, 0.3) is 0 Å². The molecule has 0 aliphatic heterocycles. The van der Waals surface area contributed by atoms with E-state index in [1.165, 1.54) is 11.3 Å². The van der Waals surface area contributed by atoms with Crippen molar-refractivity contribution in [2.24, 2.45) is 0 Å². The number of rotatable bonds is 6. The first kappa shape index (κ1) is 14.0. The standard InChI is InChI=1S/C12H15N3O2S2/c1-2-15-19(16,17)12-6-4-3-5-11(12)13-7-10-8-18-9-14-10/h3-6,8-9,13,15H,2,7H2,1H3. The molecule has 19 heavy (non-hydrogen) atoms. The molecule has 0 radical (unpaired) electrons. The average Bonchev–Trinajstić information content (AvgIpc) is 2.90. The molecule has 0 saturated heterocycles. The highest BCUT2D eigenvalue weighted by Gasteiger charge is 2.16. The predicted octanol–water partition coefficient (Wildman–Crippen LogP) is 2.05. The molecule has 0 aliphatic carbocycles. The van der Waals surface area contributed by atoms with Crippen LogP contribution < -0.4 is 10.0 Å². The second-order valence-corrected chi connectivity index (χ2v) is 6.28. The van der Waals surface area contributed by atoms with E-state index in [0.29, 0.717) is 18.8 Å². The monoisotopic (exact) mass is 297 g/mol. The molecule has 0 fully saturated rings. The van der Waals surface area contributed by atoms with Crippen molar-refractivity contribution in [2.45, 2.75) is 18.4 Å². The Morgan fingerprint density at radius 2 is 2.11 bits per heavy atom. The normalized spacial score (nSPS) is 11.4. The minimum atomic E-state index is -3.46. The Bertz CT molecular complexity index is 624. The zero-order valence-corrected chi connectivity index (χ0v) is 12.1. The molecular weight excluding hydrogens is 282 g/mol. The van der Waals surface area contributed by atoms with E-state index >= 15 is 0 Å². The van der Waals surface area contributed by atoms with E-state index in [4.69, 9.17) is 0 Å². The van der Waals surface area contributed by atoms with Crippen LogP contribution in [-0.2, 0) is 16.6 Å². The van der Waals surface area contributed by atoms with Gasteiger partial charge < -0.3 is 5.32 Å². The van der Waals surface area contributed by atoms with Gasteiger partial charge in [-0.1, -0.05) is 19.1 Å². The Morgan fingerprint density at radius 1 is 1.32 bits per heavy atom. The molecule has 0 aliphatic rings. The molecule has 0 amide bonds. The van der Waals surface area contributed by atoms with Crippen LogP contribution in [0.3, 0.4) is 0 Å². The van der Waals surface area contributed by atoms with Gasteiger partial charge in [-0.25, -0.2) is 18.1 Å². The van der Waals surface area contributed by atoms with Crippen LogP contribution in [-0.4, -0.2) is 19.9 Å². The first-order valence-corrected chi connectivity index (χ1v) is 8.25. The number of thiazole rings is 1. The van der Waals surface area contributed by atoms with E-state index in [9.17, 15) is 8.42 Å². The Hall–Kier alpha value is -1.44. The van der Waals surface area contributed by atoms with Gasteiger partial charge in [-0.05, 0) is 12.1 Å². The highest BCUT2D eigenvalue weighted by Crippen LogP contribution is 2.21. The average molecular weight is 297 g/mol. The van der Waals surface area contributed by atoms with Gasteiger partial charge in [-0.2, -0.15) is 0 Å². The maximum atomic E-state index is 12.0. The van der Waals surface area contributed by atoms with E-state index in [-0.39, 0.29) is 4.90 Å². The zero-order valence-electron chi connectivity index (χ0n) is 10.5. The molecule has 1 heterocycles. The van der Waals surface area contributed by atoms with Gasteiger partial charge >= 0.3 is 0 Å². The van der Waals surface area contributed by atoms with Crippen LogP contribution >= 0.6 is 11.3 Å². The number of hydrogen-bond acceptors (Lipinski definition) is 5. The van der Waals surface area contributed by atoms with E-state index in [0.717, 1.165) is 5.69 Å². The first-order valence-electron chi connectivity index (χ1n) is 5.83. The lowest BCUT2D eigenvalue weighted by molar-refractivity contribution is 0.584. The van der Waals surface area contributed by atoms with Crippen LogP contribution in [0, 0.1) is 0 Å². The van der Waals surface area contributed by atoms with Crippen molar-refractivity contribution in [3.05, 3.63) is 40.8 Å². The maximum absolute atomic E-state index is 12.0. The summed E-state index contributed by atoms with van der Waals surface area (Å²) in [5.41, 5.74) is 3.22. The number of anilines is 1. The van der Waals surface area contributed by atoms with Crippen molar-refractivity contribution < 1.29 is 8.42 Å². The lowest BCUT2D eigenvalue weighted by Gasteiger charge is -2.11. The van der Waals surface area contributed by atoms with E-state index in [1.807, 2.05) is 5.38 Å². The summed E-state index contributed by atoms with van der Waals surface area (Å²) >= 11 is 1.51. The topological polar surface area (TPSA) is 71.1 Å². The van der Waals surface area contributed by atoms with Crippen molar-refractivity contribution in [1.29, 1.82) is 0 Å². The number of para-hydroxylation sites is 1. The summed E-state index contributed by atoms with van der Waals surface area (Å²) in [5.74, 6) is 0. The lowest BCUT2D eigenvalue weighted by atomic mass is 10.3. The largest absolute Gasteiger partial charge is 0.378 e. The Labute approximate surface area is 116 Å². The van der Waals surface area contributed by atoms with Crippen LogP contribution in [0.25, 0.3) is 0 Å². The number of benzene rings is 1. The molecule has 2 rings (SSSR count). The molecular formula is C12H15N3O2S2. The molecule has 5 nitrogen and oxygen atoms in total. The Morgan fingerprint density at radius 3 is 2.79 bits per heavy atom. The fourth-order valence-electron chi connectivity index (χ4n) is 1.63. The van der Waals surface area contributed by atoms with Crippen LogP contribution in [0.2, 0.25) is 0 Å². The highest BCUT2D eigenvalue weighted by atomic mass is 32.2. The fraction of sp³-hybridized carbons (Fsp3) is 0.250. The SMILES string of the molecule is CCNS(=O)(=O)c1ccccc1NCc1cscn1. The van der Waals surface area contributed by atoms with Gasteiger partial charge in [-0.3, -0.25) is 0 Å². The van der Waals surface area contributed by atoms with Crippen molar-refractivity contribution in [3.8, 4) is 0 Å². The molecule has 0 spiro atoms. The maximum Gasteiger partial charge on any atom is 0.242 e. The molecule has 0 saturated carbocycles. The smallest absolute Gasteiger partial charge is 0.242 e. The predicted molar refractivity (Wildman–Crippen MR) is 76.7 cm³/mol. The molecule has 2 aromatic rings. The minimum Gasteiger partial charge on any atom is -0.378 e. The quantitative estimate of drug-likeness (QED) is 0.856. The second kappa shape index (κ2) is 6.14. The van der Waals surface area contributed by atoms with Gasteiger partial charge in [0.05, 0.1) is 23.4 Å². The van der Waals surface area contributed by atoms with Gasteiger partial charge in [-0.15, -0.1) is 11.3 Å². The molecule has 102 valence electrons. The summed E-state index contributed by atoms with van der Waals surface area (Å²) in [6, 6.07) is 6.84. The summed E-state index contributed by atoms with van der Waals surface area (Å²) in [7, 11) is -3.46. The van der Waals surface area contributed by atoms with Gasteiger partial charge in [0, 0.05) is 11.9 Å². The second-order valence-electron chi connectivity index (χ2n) is 3.83. The molecule has 1 aromatic heterocycles. The van der Waals surface area contributed by atoms with E-state index in [2.05, 4.69) is 15.0 Å². The van der Waals surface area contributed by atoms with Gasteiger partial charge in [0.1, 0.15) is 4.90 Å². The van der Waals surface area contributed by atoms with Gasteiger partial charge in [0.15, 0.2) is 0 Å². The van der Waals surface area contributed by atoms with Crippen molar-refractivity contribution >= 4 is 27.0 Å². The number of nitrogens with zero attached hydrogens (tertiary/aromatic N) is 1. The van der Waals surface area contributed by atoms with Crippen LogP contribution in [0.1, 0.15) is 12.6 Å². The van der Waals surface area contributed by atoms with Crippen LogP contribution in [0.4, 0.5) is 5.69 Å². The molecule has 1 aromatic carbocycles. The third-order valence-corrected chi connectivity index (χ3v) is 4.69. The van der Waals surface area contributed by atoms with Crippen LogP contribution in [0.5, 0.6) is 0 Å². The molecule has 0 bridgehead atoms. The summed E-state index contributed by atoms with van der Waals surface area (Å²) in [6.45, 7) is 2.62. The number of aromatic nitrogens is 1. The summed E-state index contributed by atoms with van der Waals surface area (Å²) in [4.78, 5) is 4.41. The van der Waals surface area contributed by atoms with Crippen molar-refractivity contribution in [3.63, 3.8) is 0 Å². The zero-order chi connectivity index (χ0) is 13.7. The lowest BCUT2D eigenvalue weighted by Crippen LogP contribution is -2.24. The highest BCUT2D eigenvalue weighted by molar-refractivity contribution is 7.89. The molecule has 0 atom stereocenters. The van der Waals surface area contributed by atoms with Gasteiger partial charge in [0.2, 0.25) is 10.0 Å². The van der Waals surface area contributed by atoms with E-state index in [1.54, 1.807) is 36.7 Å². The number of hydrogen-bond donors (Lipinski definition) is 2. The summed E-state index contributed by atoms with van der Waals surface area (Å²) in [5, 5.41) is 5.03. The number of sulfonamides is 1. The summed E-state index contributed by atoms with van der Waals surface area (Å²) < 4.78 is 26.6. The minimum absolute atomic E-state index is 0.257. The number of nitrogens with one attached hydrogen (secondary N) is 2. The Kier molecular flexibility index (Phi) is 4.52. The van der Waals surface area contributed by atoms with Crippen molar-refractivity contribution in [1.82, 2.24) is 9.71 Å². The first-order chi connectivity index (χ1) is 9.13. The molecule has 7 heteroatoms. The van der Waals surface area contributed by atoms with Crippen LogP contribution in [0.15, 0.2) is 40.1 Å². The molecule has 2 N–H and O–H groups in total. The van der Waals surface area contributed by atoms with E-state index < -0.39 is 10.0 Å². The van der Waals surface area contributed by atoms with Crippen molar-refractivity contribution in [2.75, 3.05) is 11.9 Å². The third kappa shape index (κ3) is 3.52. The summed E-state index contributed by atoms with van der Waals surface area (Å²) in [6.07, 6.45) is 0.